The molecular formula is C17H21N3O4S. The van der Waals surface area contributed by atoms with Crippen LogP contribution in [0.5, 0.6) is 5.75 Å². The lowest BCUT2D eigenvalue weighted by Gasteiger charge is -2.19. The van der Waals surface area contributed by atoms with Crippen LogP contribution < -0.4 is 10.1 Å². The van der Waals surface area contributed by atoms with Crippen LogP contribution in [0.2, 0.25) is 0 Å². The second-order valence-electron chi connectivity index (χ2n) is 5.39. The smallest absolute Gasteiger partial charge is 0.239 e. The van der Waals surface area contributed by atoms with E-state index in [4.69, 9.17) is 4.74 Å². The average molecular weight is 363 g/mol. The van der Waals surface area contributed by atoms with Crippen molar-refractivity contribution in [3.05, 3.63) is 54.4 Å². The van der Waals surface area contributed by atoms with Crippen LogP contribution in [0.15, 0.2) is 48.8 Å². The Morgan fingerprint density at radius 2 is 1.80 bits per heavy atom. The Labute approximate surface area is 147 Å². The van der Waals surface area contributed by atoms with Gasteiger partial charge < -0.3 is 10.1 Å². The predicted octanol–water partition coefficient (Wildman–Crippen LogP) is 1.88. The third-order valence-electron chi connectivity index (χ3n) is 3.35. The molecule has 0 saturated heterocycles. The summed E-state index contributed by atoms with van der Waals surface area (Å²) in [7, 11) is -3.53. The number of benzene rings is 1. The summed E-state index contributed by atoms with van der Waals surface area (Å²) in [5, 5.41) is 2.69. The first-order chi connectivity index (χ1) is 11.9. The maximum Gasteiger partial charge on any atom is 0.239 e. The van der Waals surface area contributed by atoms with Crippen LogP contribution in [-0.2, 0) is 21.4 Å². The monoisotopic (exact) mass is 363 g/mol. The van der Waals surface area contributed by atoms with Gasteiger partial charge in [-0.2, -0.15) is 4.31 Å². The number of amides is 1. The zero-order chi connectivity index (χ0) is 18.3. The highest BCUT2D eigenvalue weighted by atomic mass is 32.2. The molecule has 2 rings (SSSR count). The number of hydrogen-bond donors (Lipinski definition) is 1. The molecule has 0 bridgehead atoms. The van der Waals surface area contributed by atoms with Crippen molar-refractivity contribution in [2.75, 3.05) is 24.7 Å². The van der Waals surface area contributed by atoms with E-state index in [-0.39, 0.29) is 13.1 Å². The molecule has 25 heavy (non-hydrogen) atoms. The van der Waals surface area contributed by atoms with Gasteiger partial charge in [-0.15, -0.1) is 0 Å². The maximum absolute atomic E-state index is 12.2. The third-order valence-corrected chi connectivity index (χ3v) is 4.54. The highest BCUT2D eigenvalue weighted by Gasteiger charge is 2.20. The Morgan fingerprint density at radius 3 is 2.36 bits per heavy atom. The summed E-state index contributed by atoms with van der Waals surface area (Å²) >= 11 is 0. The van der Waals surface area contributed by atoms with Crippen molar-refractivity contribution >= 4 is 21.6 Å². The minimum absolute atomic E-state index is 0.109. The van der Waals surface area contributed by atoms with Gasteiger partial charge in [-0.25, -0.2) is 8.42 Å². The van der Waals surface area contributed by atoms with Gasteiger partial charge in [0.15, 0.2) is 0 Å². The number of pyridine rings is 1. The zero-order valence-corrected chi connectivity index (χ0v) is 15.0. The number of hydrogen-bond acceptors (Lipinski definition) is 5. The van der Waals surface area contributed by atoms with Crippen molar-refractivity contribution in [2.45, 2.75) is 13.5 Å². The summed E-state index contributed by atoms with van der Waals surface area (Å²) in [5.41, 5.74) is 1.33. The predicted molar refractivity (Wildman–Crippen MR) is 95.7 cm³/mol. The average Bonchev–Trinajstić information content (AvgIpc) is 2.56. The topological polar surface area (TPSA) is 88.6 Å². The Morgan fingerprint density at radius 1 is 1.16 bits per heavy atom. The van der Waals surface area contributed by atoms with Crippen LogP contribution >= 0.6 is 0 Å². The fourth-order valence-electron chi connectivity index (χ4n) is 2.14. The normalized spacial score (nSPS) is 11.3. The Kier molecular flexibility index (Phi) is 6.49. The molecule has 1 aromatic heterocycles. The van der Waals surface area contributed by atoms with E-state index in [1.54, 1.807) is 48.8 Å². The molecule has 134 valence electrons. The van der Waals surface area contributed by atoms with E-state index >= 15 is 0 Å². The summed E-state index contributed by atoms with van der Waals surface area (Å²) in [4.78, 5) is 16.1. The fraction of sp³-hybridized carbons (Fsp3) is 0.294. The molecule has 0 saturated carbocycles. The second-order valence-corrected chi connectivity index (χ2v) is 7.37. The Bertz CT molecular complexity index is 792. The molecule has 1 N–H and O–H groups in total. The first-order valence-electron chi connectivity index (χ1n) is 7.75. The zero-order valence-electron chi connectivity index (χ0n) is 14.2. The van der Waals surface area contributed by atoms with Gasteiger partial charge in [0, 0.05) is 24.6 Å². The molecule has 8 heteroatoms. The standard InChI is InChI=1S/C17H21N3O4S/c1-3-24-16-6-4-15(5-7-16)19-17(21)13-20(25(2,22)23)12-14-8-10-18-11-9-14/h4-11H,3,12-13H2,1-2H3,(H,19,21). The van der Waals surface area contributed by atoms with Crippen molar-refractivity contribution in [1.29, 1.82) is 0 Å². The second kappa shape index (κ2) is 8.59. The van der Waals surface area contributed by atoms with Crippen LogP contribution in [0.4, 0.5) is 5.69 Å². The molecule has 0 spiro atoms. The molecule has 1 heterocycles. The van der Waals surface area contributed by atoms with Gasteiger partial charge in [-0.05, 0) is 48.9 Å². The molecule has 0 unspecified atom stereocenters. The van der Waals surface area contributed by atoms with Crippen LogP contribution in [0.25, 0.3) is 0 Å². The van der Waals surface area contributed by atoms with Gasteiger partial charge in [0.05, 0.1) is 19.4 Å². The largest absolute Gasteiger partial charge is 0.494 e. The minimum Gasteiger partial charge on any atom is -0.494 e. The summed E-state index contributed by atoms with van der Waals surface area (Å²) < 4.78 is 30.4. The number of carbonyl (C=O) groups excluding carboxylic acids is 1. The number of sulfonamides is 1. The van der Waals surface area contributed by atoms with Crippen LogP contribution in [-0.4, -0.2) is 43.0 Å². The Hall–Kier alpha value is -2.45. The Balaban J connectivity index is 2.01. The lowest BCUT2D eigenvalue weighted by atomic mass is 10.2. The third kappa shape index (κ3) is 6.17. The molecule has 1 amide bonds. The van der Waals surface area contributed by atoms with Crippen molar-refractivity contribution in [2.24, 2.45) is 0 Å². The van der Waals surface area contributed by atoms with Gasteiger partial charge in [-0.3, -0.25) is 9.78 Å². The van der Waals surface area contributed by atoms with Crippen LogP contribution in [0, 0.1) is 0 Å². The lowest BCUT2D eigenvalue weighted by molar-refractivity contribution is -0.116. The summed E-state index contributed by atoms with van der Waals surface area (Å²) in [6.45, 7) is 2.29. The molecular weight excluding hydrogens is 342 g/mol. The molecule has 2 aromatic rings. The van der Waals surface area contributed by atoms with E-state index in [2.05, 4.69) is 10.3 Å². The van der Waals surface area contributed by atoms with Gasteiger partial charge >= 0.3 is 0 Å². The van der Waals surface area contributed by atoms with E-state index in [1.807, 2.05) is 6.92 Å². The van der Waals surface area contributed by atoms with Gasteiger partial charge in [0.1, 0.15) is 5.75 Å². The molecule has 0 aliphatic heterocycles. The molecule has 1 aromatic carbocycles. The number of nitrogens with zero attached hydrogens (tertiary/aromatic N) is 2. The minimum atomic E-state index is -3.53. The van der Waals surface area contributed by atoms with E-state index in [9.17, 15) is 13.2 Å². The molecule has 0 atom stereocenters. The van der Waals surface area contributed by atoms with Crippen LogP contribution in [0.1, 0.15) is 12.5 Å². The first kappa shape index (κ1) is 18.9. The summed E-state index contributed by atoms with van der Waals surface area (Å²) in [5.74, 6) is 0.291. The number of anilines is 1. The molecule has 7 nitrogen and oxygen atoms in total. The number of aromatic nitrogens is 1. The highest BCUT2D eigenvalue weighted by Crippen LogP contribution is 2.16. The quantitative estimate of drug-likeness (QED) is 0.774. The van der Waals surface area contributed by atoms with Gasteiger partial charge in [-0.1, -0.05) is 0 Å². The summed E-state index contributed by atoms with van der Waals surface area (Å²) in [6.07, 6.45) is 4.24. The number of ether oxygens (including phenoxy) is 1. The van der Waals surface area contributed by atoms with Gasteiger partial charge in [0.2, 0.25) is 15.9 Å². The number of nitrogens with one attached hydrogen (secondary N) is 1. The summed E-state index contributed by atoms with van der Waals surface area (Å²) in [6, 6.07) is 10.3. The fourth-order valence-corrected chi connectivity index (χ4v) is 2.88. The van der Waals surface area contributed by atoms with Crippen molar-refractivity contribution in [3.8, 4) is 5.75 Å². The van der Waals surface area contributed by atoms with Crippen molar-refractivity contribution < 1.29 is 17.9 Å². The molecule has 0 aliphatic carbocycles. The van der Waals surface area contributed by atoms with E-state index < -0.39 is 15.9 Å². The first-order valence-corrected chi connectivity index (χ1v) is 9.60. The van der Waals surface area contributed by atoms with Crippen molar-refractivity contribution in [1.82, 2.24) is 9.29 Å². The molecule has 0 fully saturated rings. The molecule has 0 aliphatic rings. The van der Waals surface area contributed by atoms with Gasteiger partial charge in [0.25, 0.3) is 0 Å². The van der Waals surface area contributed by atoms with Crippen LogP contribution in [0.3, 0.4) is 0 Å². The number of rotatable bonds is 8. The maximum atomic E-state index is 12.2. The lowest BCUT2D eigenvalue weighted by Crippen LogP contribution is -2.36. The molecule has 0 radical (unpaired) electrons. The van der Waals surface area contributed by atoms with Crippen molar-refractivity contribution in [3.63, 3.8) is 0 Å². The highest BCUT2D eigenvalue weighted by molar-refractivity contribution is 7.88. The van der Waals surface area contributed by atoms with E-state index in [1.165, 1.54) is 0 Å². The number of carbonyl (C=O) groups is 1. The van der Waals surface area contributed by atoms with E-state index in [0.29, 0.717) is 18.0 Å². The SMILES string of the molecule is CCOc1ccc(NC(=O)CN(Cc2ccncc2)S(C)(=O)=O)cc1. The van der Waals surface area contributed by atoms with E-state index in [0.717, 1.165) is 16.1 Å².